The van der Waals surface area contributed by atoms with E-state index in [1.54, 1.807) is 11.0 Å². The van der Waals surface area contributed by atoms with Crippen LogP contribution in [0.4, 0.5) is 5.82 Å². The molecule has 0 aliphatic rings. The van der Waals surface area contributed by atoms with E-state index in [1.807, 2.05) is 20.9 Å². The van der Waals surface area contributed by atoms with Crippen LogP contribution in [0.15, 0.2) is 17.2 Å². The first-order valence-corrected chi connectivity index (χ1v) is 6.24. The lowest BCUT2D eigenvalue weighted by atomic mass is 10.2. The van der Waals surface area contributed by atoms with Crippen LogP contribution in [-0.4, -0.2) is 31.3 Å². The second-order valence-corrected chi connectivity index (χ2v) is 4.68. The van der Waals surface area contributed by atoms with Gasteiger partial charge in [-0.15, -0.1) is 0 Å². The molecule has 2 aromatic rings. The zero-order valence-electron chi connectivity index (χ0n) is 11.3. The average molecular weight is 262 g/mol. The second-order valence-electron chi connectivity index (χ2n) is 4.68. The molecule has 7 heteroatoms. The minimum atomic E-state index is -0.142. The van der Waals surface area contributed by atoms with Crippen LogP contribution in [0.25, 0.3) is 0 Å². The Morgan fingerprint density at radius 2 is 2.26 bits per heavy atom. The first-order valence-electron chi connectivity index (χ1n) is 6.24. The fraction of sp³-hybridized carbons (Fsp3) is 0.500. The Balaban J connectivity index is 1.97. The van der Waals surface area contributed by atoms with E-state index in [-0.39, 0.29) is 11.5 Å². The summed E-state index contributed by atoms with van der Waals surface area (Å²) in [7, 11) is 1.83. The largest absolute Gasteiger partial charge is 0.369 e. The van der Waals surface area contributed by atoms with Gasteiger partial charge in [0, 0.05) is 32.0 Å². The summed E-state index contributed by atoms with van der Waals surface area (Å²) in [4.78, 5) is 22.7. The summed E-state index contributed by atoms with van der Waals surface area (Å²) in [6.45, 7) is 4.61. The molecule has 0 radical (unpaired) electrons. The smallest absolute Gasteiger partial charge is 0.252 e. The van der Waals surface area contributed by atoms with E-state index < -0.39 is 0 Å². The van der Waals surface area contributed by atoms with Crippen molar-refractivity contribution >= 4 is 5.82 Å². The first kappa shape index (κ1) is 13.3. The van der Waals surface area contributed by atoms with E-state index in [9.17, 15) is 4.79 Å². The number of hydrogen-bond acceptors (Lipinski definition) is 5. The van der Waals surface area contributed by atoms with Crippen molar-refractivity contribution in [3.05, 3.63) is 34.4 Å². The molecule has 0 fully saturated rings. The van der Waals surface area contributed by atoms with Gasteiger partial charge in [0.25, 0.3) is 5.56 Å². The third-order valence-electron chi connectivity index (χ3n) is 2.61. The first-order chi connectivity index (χ1) is 9.04. The Hall–Kier alpha value is -2.18. The lowest BCUT2D eigenvalue weighted by Gasteiger charge is -2.08. The summed E-state index contributed by atoms with van der Waals surface area (Å²) < 4.78 is 1.66. The molecule has 0 bridgehead atoms. The number of aryl methyl sites for hydroxylation is 1. The molecular formula is C12H18N6O. The zero-order valence-corrected chi connectivity index (χ0v) is 11.3. The van der Waals surface area contributed by atoms with E-state index in [1.165, 1.54) is 6.07 Å². The van der Waals surface area contributed by atoms with Crippen LogP contribution < -0.4 is 10.9 Å². The van der Waals surface area contributed by atoms with Gasteiger partial charge >= 0.3 is 0 Å². The number of aromatic nitrogens is 5. The maximum absolute atomic E-state index is 11.5. The van der Waals surface area contributed by atoms with Gasteiger partial charge in [-0.3, -0.25) is 9.48 Å². The molecule has 0 aliphatic heterocycles. The molecule has 2 N–H and O–H groups in total. The van der Waals surface area contributed by atoms with Crippen molar-refractivity contribution in [3.8, 4) is 0 Å². The molecular weight excluding hydrogens is 244 g/mol. The van der Waals surface area contributed by atoms with Crippen LogP contribution in [0, 0.1) is 0 Å². The molecule has 7 nitrogen and oxygen atoms in total. The summed E-state index contributed by atoms with van der Waals surface area (Å²) in [5.74, 6) is 2.23. The maximum atomic E-state index is 11.5. The Bertz CT molecular complexity index is 600. The van der Waals surface area contributed by atoms with Gasteiger partial charge in [0.05, 0.1) is 0 Å². The minimum Gasteiger partial charge on any atom is -0.369 e. The fourth-order valence-corrected chi connectivity index (χ4v) is 1.64. The number of anilines is 1. The monoisotopic (exact) mass is 262 g/mol. The van der Waals surface area contributed by atoms with Gasteiger partial charge in [0.1, 0.15) is 18.0 Å². The molecule has 0 saturated heterocycles. The molecule has 0 spiro atoms. The van der Waals surface area contributed by atoms with Crippen molar-refractivity contribution in [1.82, 2.24) is 24.7 Å². The third-order valence-corrected chi connectivity index (χ3v) is 2.61. The number of aromatic amines is 1. The predicted octanol–water partition coefficient (Wildman–Crippen LogP) is 0.676. The minimum absolute atomic E-state index is 0.142. The number of nitrogens with one attached hydrogen (secondary N) is 2. The van der Waals surface area contributed by atoms with Crippen LogP contribution in [0.3, 0.4) is 0 Å². The van der Waals surface area contributed by atoms with Gasteiger partial charge in [-0.1, -0.05) is 13.8 Å². The summed E-state index contributed by atoms with van der Waals surface area (Å²) in [5.41, 5.74) is -0.142. The average Bonchev–Trinajstić information content (AvgIpc) is 2.74. The van der Waals surface area contributed by atoms with Gasteiger partial charge in [-0.2, -0.15) is 5.10 Å². The van der Waals surface area contributed by atoms with Crippen molar-refractivity contribution in [2.24, 2.45) is 7.05 Å². The Morgan fingerprint density at radius 1 is 1.47 bits per heavy atom. The molecule has 0 amide bonds. The SMILES string of the molecule is CC(C)c1nc(NCCc2ncn(C)n2)cc(=O)[nH]1. The van der Waals surface area contributed by atoms with Gasteiger partial charge < -0.3 is 10.3 Å². The summed E-state index contributed by atoms with van der Waals surface area (Å²) >= 11 is 0. The van der Waals surface area contributed by atoms with Crippen LogP contribution >= 0.6 is 0 Å². The molecule has 0 aromatic carbocycles. The Labute approximate surface area is 111 Å². The van der Waals surface area contributed by atoms with Gasteiger partial charge in [-0.05, 0) is 0 Å². The van der Waals surface area contributed by atoms with E-state index in [0.717, 1.165) is 5.82 Å². The van der Waals surface area contributed by atoms with Crippen molar-refractivity contribution in [1.29, 1.82) is 0 Å². The molecule has 0 atom stereocenters. The molecule has 102 valence electrons. The summed E-state index contributed by atoms with van der Waals surface area (Å²) in [5, 5.41) is 7.30. The Morgan fingerprint density at radius 3 is 2.89 bits per heavy atom. The standard InChI is InChI=1S/C12H18N6O/c1-8(2)12-15-10(6-11(19)16-12)13-5-4-9-14-7-18(3)17-9/h6-8H,4-5H2,1-3H3,(H2,13,15,16,19). The van der Waals surface area contributed by atoms with E-state index >= 15 is 0 Å². The highest BCUT2D eigenvalue weighted by molar-refractivity contribution is 5.33. The lowest BCUT2D eigenvalue weighted by molar-refractivity contribution is 0.740. The normalized spacial score (nSPS) is 10.9. The summed E-state index contributed by atoms with van der Waals surface area (Å²) in [6, 6.07) is 1.46. The number of hydrogen-bond donors (Lipinski definition) is 2. The van der Waals surface area contributed by atoms with Crippen molar-refractivity contribution in [2.45, 2.75) is 26.2 Å². The van der Waals surface area contributed by atoms with Gasteiger partial charge in [0.2, 0.25) is 0 Å². The number of rotatable bonds is 5. The topological polar surface area (TPSA) is 88.5 Å². The highest BCUT2D eigenvalue weighted by atomic mass is 16.1. The number of nitrogens with zero attached hydrogens (tertiary/aromatic N) is 4. The van der Waals surface area contributed by atoms with Crippen LogP contribution in [0.2, 0.25) is 0 Å². The molecule has 2 aromatic heterocycles. The van der Waals surface area contributed by atoms with Crippen molar-refractivity contribution in [2.75, 3.05) is 11.9 Å². The fourth-order valence-electron chi connectivity index (χ4n) is 1.64. The van der Waals surface area contributed by atoms with Crippen LogP contribution in [-0.2, 0) is 13.5 Å². The quantitative estimate of drug-likeness (QED) is 0.827. The molecule has 19 heavy (non-hydrogen) atoms. The van der Waals surface area contributed by atoms with E-state index in [0.29, 0.717) is 24.6 Å². The molecule has 2 rings (SSSR count). The third kappa shape index (κ3) is 3.64. The number of H-pyrrole nitrogens is 1. The van der Waals surface area contributed by atoms with Crippen molar-refractivity contribution < 1.29 is 0 Å². The molecule has 0 saturated carbocycles. The van der Waals surface area contributed by atoms with E-state index in [4.69, 9.17) is 0 Å². The molecule has 2 heterocycles. The summed E-state index contributed by atoms with van der Waals surface area (Å²) in [6.07, 6.45) is 2.35. The Kier molecular flexibility index (Phi) is 3.94. The van der Waals surface area contributed by atoms with Gasteiger partial charge in [-0.25, -0.2) is 9.97 Å². The van der Waals surface area contributed by atoms with E-state index in [2.05, 4.69) is 25.4 Å². The molecule has 0 unspecified atom stereocenters. The highest BCUT2D eigenvalue weighted by Crippen LogP contribution is 2.08. The van der Waals surface area contributed by atoms with Crippen LogP contribution in [0.1, 0.15) is 31.4 Å². The predicted molar refractivity (Wildman–Crippen MR) is 72.1 cm³/mol. The van der Waals surface area contributed by atoms with Crippen molar-refractivity contribution in [3.63, 3.8) is 0 Å². The lowest BCUT2D eigenvalue weighted by Crippen LogP contribution is -2.16. The second kappa shape index (κ2) is 5.64. The molecule has 0 aliphatic carbocycles. The maximum Gasteiger partial charge on any atom is 0.252 e. The van der Waals surface area contributed by atoms with Gasteiger partial charge in [0.15, 0.2) is 5.82 Å². The van der Waals surface area contributed by atoms with Crippen LogP contribution in [0.5, 0.6) is 0 Å². The zero-order chi connectivity index (χ0) is 13.8. The highest BCUT2D eigenvalue weighted by Gasteiger charge is 2.05.